The molecule has 0 fully saturated rings. The van der Waals surface area contributed by atoms with Crippen LogP contribution in [0.5, 0.6) is 0 Å². The third-order valence-corrected chi connectivity index (χ3v) is 3.12. The minimum absolute atomic E-state index is 0.0502. The first-order valence-electron chi connectivity index (χ1n) is 5.70. The second kappa shape index (κ2) is 4.86. The van der Waals surface area contributed by atoms with Crippen LogP contribution in [0.3, 0.4) is 0 Å². The monoisotopic (exact) mass is 289 g/mol. The second-order valence-electron chi connectivity index (χ2n) is 4.14. The Morgan fingerprint density at radius 3 is 2.95 bits per heavy atom. The first kappa shape index (κ1) is 12.5. The summed E-state index contributed by atoms with van der Waals surface area (Å²) in [6.07, 6.45) is 2.93. The van der Waals surface area contributed by atoms with Gasteiger partial charge in [-0.15, -0.1) is 0 Å². The average Bonchev–Trinajstić information content (AvgIpc) is 2.84. The summed E-state index contributed by atoms with van der Waals surface area (Å²) in [5.41, 5.74) is 1.93. The normalized spacial score (nSPS) is 10.8. The molecule has 0 N–H and O–H groups in total. The maximum atomic E-state index is 10.8. The Morgan fingerprint density at radius 1 is 1.30 bits per heavy atom. The lowest BCUT2D eigenvalue weighted by Crippen LogP contribution is -2.00. The molecule has 3 aromatic rings. The van der Waals surface area contributed by atoms with E-state index in [2.05, 4.69) is 15.0 Å². The van der Waals surface area contributed by atoms with Gasteiger partial charge in [0.05, 0.1) is 11.3 Å². The molecule has 1 aromatic carbocycles. The minimum atomic E-state index is -0.425. The van der Waals surface area contributed by atoms with Gasteiger partial charge in [0.25, 0.3) is 5.69 Å². The number of rotatable bonds is 3. The Kier molecular flexibility index (Phi) is 3.03. The van der Waals surface area contributed by atoms with Crippen LogP contribution in [0.2, 0.25) is 5.15 Å². The predicted molar refractivity (Wildman–Crippen MR) is 72.5 cm³/mol. The van der Waals surface area contributed by atoms with Crippen molar-refractivity contribution in [2.45, 2.75) is 6.54 Å². The van der Waals surface area contributed by atoms with Crippen LogP contribution in [0, 0.1) is 10.1 Å². The van der Waals surface area contributed by atoms with Crippen LogP contribution >= 0.6 is 11.6 Å². The van der Waals surface area contributed by atoms with Crippen molar-refractivity contribution in [3.05, 3.63) is 57.8 Å². The predicted octanol–water partition coefficient (Wildman–Crippen LogP) is 2.44. The van der Waals surface area contributed by atoms with Gasteiger partial charge in [-0.3, -0.25) is 10.1 Å². The molecule has 0 saturated carbocycles. The van der Waals surface area contributed by atoms with E-state index in [0.717, 1.165) is 5.56 Å². The number of nitro benzene ring substituents is 1. The molecule has 0 aliphatic heterocycles. The SMILES string of the molecule is O=[N+]([O-])c1cccc(Cn2cnc3ncnc(Cl)c32)c1. The van der Waals surface area contributed by atoms with Crippen molar-refractivity contribution in [1.29, 1.82) is 0 Å². The number of hydrogen-bond donors (Lipinski definition) is 0. The Hall–Kier alpha value is -2.54. The first-order valence-corrected chi connectivity index (χ1v) is 6.07. The quantitative estimate of drug-likeness (QED) is 0.420. The van der Waals surface area contributed by atoms with Crippen molar-refractivity contribution in [3.8, 4) is 0 Å². The van der Waals surface area contributed by atoms with E-state index in [1.807, 2.05) is 0 Å². The molecule has 0 bridgehead atoms. The highest BCUT2D eigenvalue weighted by Gasteiger charge is 2.11. The van der Waals surface area contributed by atoms with Crippen LogP contribution in [0.1, 0.15) is 5.56 Å². The van der Waals surface area contributed by atoms with E-state index in [1.165, 1.54) is 18.5 Å². The standard InChI is InChI=1S/C12H8ClN5O2/c13-11-10-12(15-6-14-11)16-7-17(10)5-8-2-1-3-9(4-8)18(19)20/h1-4,6-7H,5H2. The van der Waals surface area contributed by atoms with E-state index in [1.54, 1.807) is 23.0 Å². The van der Waals surface area contributed by atoms with Crippen LogP contribution in [0.25, 0.3) is 11.2 Å². The van der Waals surface area contributed by atoms with Gasteiger partial charge in [-0.25, -0.2) is 15.0 Å². The molecular weight excluding hydrogens is 282 g/mol. The van der Waals surface area contributed by atoms with Crippen LogP contribution in [0.15, 0.2) is 36.9 Å². The number of nitro groups is 1. The molecule has 0 unspecified atom stereocenters. The molecule has 2 aromatic heterocycles. The summed E-state index contributed by atoms with van der Waals surface area (Å²) in [5, 5.41) is 11.1. The fourth-order valence-electron chi connectivity index (χ4n) is 1.96. The van der Waals surface area contributed by atoms with Gasteiger partial charge in [0, 0.05) is 18.7 Å². The topological polar surface area (TPSA) is 86.7 Å². The molecule has 0 atom stereocenters. The van der Waals surface area contributed by atoms with Crippen molar-refractivity contribution in [1.82, 2.24) is 19.5 Å². The van der Waals surface area contributed by atoms with Crippen molar-refractivity contribution >= 4 is 28.5 Å². The highest BCUT2D eigenvalue weighted by atomic mass is 35.5. The first-order chi connectivity index (χ1) is 9.65. The number of non-ortho nitro benzene ring substituents is 1. The van der Waals surface area contributed by atoms with Gasteiger partial charge in [0.1, 0.15) is 11.8 Å². The molecule has 8 heteroatoms. The van der Waals surface area contributed by atoms with Crippen molar-refractivity contribution in [2.75, 3.05) is 0 Å². The Labute approximate surface area is 118 Å². The highest BCUT2D eigenvalue weighted by molar-refractivity contribution is 6.33. The molecule has 3 rings (SSSR count). The van der Waals surface area contributed by atoms with E-state index in [4.69, 9.17) is 11.6 Å². The van der Waals surface area contributed by atoms with Crippen molar-refractivity contribution < 1.29 is 4.92 Å². The molecule has 20 heavy (non-hydrogen) atoms. The van der Waals surface area contributed by atoms with Crippen LogP contribution in [0.4, 0.5) is 5.69 Å². The number of nitrogens with zero attached hydrogens (tertiary/aromatic N) is 5. The van der Waals surface area contributed by atoms with Crippen LogP contribution < -0.4 is 0 Å². The van der Waals surface area contributed by atoms with E-state index in [9.17, 15) is 10.1 Å². The Morgan fingerprint density at radius 2 is 2.15 bits per heavy atom. The third-order valence-electron chi connectivity index (χ3n) is 2.84. The van der Waals surface area contributed by atoms with E-state index < -0.39 is 4.92 Å². The minimum Gasteiger partial charge on any atom is -0.322 e. The summed E-state index contributed by atoms with van der Waals surface area (Å²) < 4.78 is 1.76. The van der Waals surface area contributed by atoms with Gasteiger partial charge in [-0.2, -0.15) is 0 Å². The van der Waals surface area contributed by atoms with E-state index >= 15 is 0 Å². The summed E-state index contributed by atoms with van der Waals surface area (Å²) >= 11 is 6.03. The number of imidazole rings is 1. The second-order valence-corrected chi connectivity index (χ2v) is 4.49. The molecule has 0 spiro atoms. The maximum Gasteiger partial charge on any atom is 0.269 e. The molecule has 0 amide bonds. The molecule has 7 nitrogen and oxygen atoms in total. The molecule has 2 heterocycles. The fourth-order valence-corrected chi connectivity index (χ4v) is 2.19. The number of halogens is 1. The Balaban J connectivity index is 2.01. The summed E-state index contributed by atoms with van der Waals surface area (Å²) in [5.74, 6) is 0. The largest absolute Gasteiger partial charge is 0.322 e. The van der Waals surface area contributed by atoms with Gasteiger partial charge in [-0.05, 0) is 5.56 Å². The fraction of sp³-hybridized carbons (Fsp3) is 0.0833. The lowest BCUT2D eigenvalue weighted by Gasteiger charge is -2.04. The van der Waals surface area contributed by atoms with Gasteiger partial charge < -0.3 is 4.57 Å². The summed E-state index contributed by atoms with van der Waals surface area (Å²) in [6.45, 7) is 0.408. The molecule has 0 saturated heterocycles. The number of aromatic nitrogens is 4. The average molecular weight is 290 g/mol. The number of fused-ring (bicyclic) bond motifs is 1. The molecule has 100 valence electrons. The van der Waals surface area contributed by atoms with Gasteiger partial charge in [-0.1, -0.05) is 23.7 Å². The lowest BCUT2D eigenvalue weighted by molar-refractivity contribution is -0.384. The van der Waals surface area contributed by atoms with Crippen LogP contribution in [-0.4, -0.2) is 24.4 Å². The Bertz CT molecular complexity index is 801. The lowest BCUT2D eigenvalue weighted by atomic mass is 10.2. The van der Waals surface area contributed by atoms with Crippen LogP contribution in [-0.2, 0) is 6.54 Å². The summed E-state index contributed by atoms with van der Waals surface area (Å²) in [4.78, 5) is 22.4. The van der Waals surface area contributed by atoms with Crippen molar-refractivity contribution in [3.63, 3.8) is 0 Å². The van der Waals surface area contributed by atoms with Gasteiger partial charge in [0.15, 0.2) is 10.8 Å². The maximum absolute atomic E-state index is 10.8. The molecule has 0 aliphatic carbocycles. The summed E-state index contributed by atoms with van der Waals surface area (Å²) in [7, 11) is 0. The zero-order valence-electron chi connectivity index (χ0n) is 10.1. The highest BCUT2D eigenvalue weighted by Crippen LogP contribution is 2.20. The number of benzene rings is 1. The number of hydrogen-bond acceptors (Lipinski definition) is 5. The zero-order valence-corrected chi connectivity index (χ0v) is 10.9. The van der Waals surface area contributed by atoms with E-state index in [-0.39, 0.29) is 5.69 Å². The van der Waals surface area contributed by atoms with Gasteiger partial charge >= 0.3 is 0 Å². The molecular formula is C12H8ClN5O2. The van der Waals surface area contributed by atoms with Gasteiger partial charge in [0.2, 0.25) is 0 Å². The summed E-state index contributed by atoms with van der Waals surface area (Å²) in [6, 6.07) is 6.41. The zero-order chi connectivity index (χ0) is 14.1. The smallest absolute Gasteiger partial charge is 0.269 e. The molecule has 0 aliphatic rings. The van der Waals surface area contributed by atoms with E-state index in [0.29, 0.717) is 22.9 Å². The third kappa shape index (κ3) is 2.19. The molecule has 0 radical (unpaired) electrons. The van der Waals surface area contributed by atoms with Crippen molar-refractivity contribution in [2.24, 2.45) is 0 Å².